The zero-order chi connectivity index (χ0) is 27.9. The number of carbonyl (C=O) groups is 1. The summed E-state index contributed by atoms with van der Waals surface area (Å²) in [5, 5.41) is 21.4. The molecule has 1 N–H and O–H groups in total. The molecule has 0 spiro atoms. The van der Waals surface area contributed by atoms with E-state index in [1.54, 1.807) is 34.0 Å². The highest BCUT2D eigenvalue weighted by molar-refractivity contribution is 5.83. The molecule has 1 aliphatic heterocycles. The molecule has 11 nitrogen and oxygen atoms in total. The molecule has 0 aromatic carbocycles. The Morgan fingerprint density at radius 1 is 1.08 bits per heavy atom. The molecule has 4 aromatic heterocycles. The molecule has 202 valence electrons. The van der Waals surface area contributed by atoms with E-state index < -0.39 is 5.60 Å². The van der Waals surface area contributed by atoms with Crippen molar-refractivity contribution in [2.45, 2.75) is 46.3 Å². The van der Waals surface area contributed by atoms with Crippen LogP contribution >= 0.6 is 0 Å². The standard InChI is InChI=1S/C28H33N9O2/c1-17-13-36(14-18(2)24(17)34-27(38)39-28(3,4)5)23-8-7-19(10-30-23)25-26-20(9-29)11-32-37(26)16-22(33-25)21-12-31-35(6)15-21/h7-8,10-12,15-18,24H,13-14H2,1-6H3,(H,34,38)/t17-,18+,24?. The number of hydrogen-bond donors (Lipinski definition) is 1. The van der Waals surface area contributed by atoms with Gasteiger partial charge in [-0.25, -0.2) is 19.3 Å². The van der Waals surface area contributed by atoms with Crippen LogP contribution in [-0.4, -0.2) is 60.2 Å². The summed E-state index contributed by atoms with van der Waals surface area (Å²) in [5.74, 6) is 1.25. The van der Waals surface area contributed by atoms with Crippen LogP contribution in [0, 0.1) is 23.2 Å². The first-order chi connectivity index (χ1) is 18.5. The summed E-state index contributed by atoms with van der Waals surface area (Å²) in [6.45, 7) is 11.3. The number of alkyl carbamates (subject to hydrolysis) is 1. The maximum Gasteiger partial charge on any atom is 0.407 e. The van der Waals surface area contributed by atoms with E-state index in [1.165, 1.54) is 0 Å². The summed E-state index contributed by atoms with van der Waals surface area (Å²) >= 11 is 0. The summed E-state index contributed by atoms with van der Waals surface area (Å²) in [6, 6.07) is 6.19. The SMILES string of the molecule is C[C@@H]1CN(c2ccc(-c3nc(-c4cnn(C)c4)cn4ncc(C#N)c34)cn2)C[C@H](C)C1NC(=O)OC(C)(C)C. The monoisotopic (exact) mass is 527 g/mol. The van der Waals surface area contributed by atoms with Gasteiger partial charge in [0.2, 0.25) is 0 Å². The van der Waals surface area contributed by atoms with Gasteiger partial charge in [0.15, 0.2) is 0 Å². The van der Waals surface area contributed by atoms with E-state index in [4.69, 9.17) is 14.7 Å². The number of anilines is 1. The number of amides is 1. The van der Waals surface area contributed by atoms with Gasteiger partial charge >= 0.3 is 6.09 Å². The van der Waals surface area contributed by atoms with Gasteiger partial charge in [-0.3, -0.25) is 4.68 Å². The fourth-order valence-electron chi connectivity index (χ4n) is 5.18. The third-order valence-electron chi connectivity index (χ3n) is 6.89. The van der Waals surface area contributed by atoms with Crippen molar-refractivity contribution in [3.63, 3.8) is 0 Å². The average molecular weight is 528 g/mol. The molecule has 0 bridgehead atoms. The number of carbonyl (C=O) groups excluding carboxylic acids is 1. The first kappa shape index (κ1) is 26.2. The summed E-state index contributed by atoms with van der Waals surface area (Å²) < 4.78 is 8.87. The highest BCUT2D eigenvalue weighted by atomic mass is 16.6. The molecule has 39 heavy (non-hydrogen) atoms. The number of nitrogens with zero attached hydrogens (tertiary/aromatic N) is 8. The Labute approximate surface area is 227 Å². The van der Waals surface area contributed by atoms with E-state index in [-0.39, 0.29) is 24.0 Å². The number of rotatable bonds is 4. The molecule has 0 aliphatic carbocycles. The van der Waals surface area contributed by atoms with Crippen molar-refractivity contribution in [1.82, 2.24) is 34.7 Å². The first-order valence-corrected chi connectivity index (χ1v) is 13.0. The van der Waals surface area contributed by atoms with Crippen LogP contribution in [0.15, 0.2) is 43.1 Å². The van der Waals surface area contributed by atoms with Crippen molar-refractivity contribution in [1.29, 1.82) is 5.26 Å². The van der Waals surface area contributed by atoms with Gasteiger partial charge in [0.25, 0.3) is 0 Å². The molecule has 0 saturated carbocycles. The number of aryl methyl sites for hydroxylation is 1. The van der Waals surface area contributed by atoms with Gasteiger partial charge in [-0.15, -0.1) is 0 Å². The number of nitrogens with one attached hydrogen (secondary N) is 1. The molecule has 1 fully saturated rings. The molecule has 5 heterocycles. The number of ether oxygens (including phenoxy) is 1. The first-order valence-electron chi connectivity index (χ1n) is 13.0. The lowest BCUT2D eigenvalue weighted by atomic mass is 9.86. The Morgan fingerprint density at radius 3 is 2.41 bits per heavy atom. The quantitative estimate of drug-likeness (QED) is 0.421. The lowest BCUT2D eigenvalue weighted by Gasteiger charge is -2.42. The van der Waals surface area contributed by atoms with E-state index in [9.17, 15) is 10.1 Å². The van der Waals surface area contributed by atoms with E-state index in [0.717, 1.165) is 30.0 Å². The van der Waals surface area contributed by atoms with Gasteiger partial charge in [0, 0.05) is 49.7 Å². The normalized spacial score (nSPS) is 19.6. The highest BCUT2D eigenvalue weighted by Crippen LogP contribution is 2.31. The van der Waals surface area contributed by atoms with Gasteiger partial charge < -0.3 is 15.0 Å². The maximum atomic E-state index is 12.4. The van der Waals surface area contributed by atoms with Crippen LogP contribution in [0.1, 0.15) is 40.2 Å². The zero-order valence-corrected chi connectivity index (χ0v) is 23.1. The molecule has 3 atom stereocenters. The smallest absolute Gasteiger partial charge is 0.407 e. The lowest BCUT2D eigenvalue weighted by Crippen LogP contribution is -2.55. The molecule has 1 saturated heterocycles. The van der Waals surface area contributed by atoms with E-state index in [0.29, 0.717) is 22.5 Å². The van der Waals surface area contributed by atoms with Gasteiger partial charge in [0.1, 0.15) is 28.6 Å². The van der Waals surface area contributed by atoms with Crippen molar-refractivity contribution in [3.8, 4) is 28.6 Å². The fourth-order valence-corrected chi connectivity index (χ4v) is 5.18. The maximum absolute atomic E-state index is 12.4. The molecule has 5 rings (SSSR count). The minimum atomic E-state index is -0.536. The van der Waals surface area contributed by atoms with Gasteiger partial charge in [0.05, 0.1) is 30.0 Å². The molecule has 4 aromatic rings. The molecule has 1 unspecified atom stereocenters. The van der Waals surface area contributed by atoms with Crippen LogP contribution in [0.2, 0.25) is 0 Å². The van der Waals surface area contributed by atoms with Gasteiger partial charge in [-0.1, -0.05) is 13.8 Å². The summed E-state index contributed by atoms with van der Waals surface area (Å²) in [4.78, 5) is 24.3. The number of nitriles is 1. The molecular formula is C28H33N9O2. The molecule has 11 heteroatoms. The second-order valence-electron chi connectivity index (χ2n) is 11.3. The molecular weight excluding hydrogens is 494 g/mol. The number of piperidine rings is 1. The summed E-state index contributed by atoms with van der Waals surface area (Å²) in [7, 11) is 1.85. The summed E-state index contributed by atoms with van der Waals surface area (Å²) in [6.07, 6.45) is 8.39. The topological polar surface area (TPSA) is 126 Å². The summed E-state index contributed by atoms with van der Waals surface area (Å²) in [5.41, 5.74) is 3.51. The highest BCUT2D eigenvalue weighted by Gasteiger charge is 2.34. The minimum Gasteiger partial charge on any atom is -0.444 e. The van der Waals surface area contributed by atoms with Crippen molar-refractivity contribution < 1.29 is 9.53 Å². The van der Waals surface area contributed by atoms with Crippen molar-refractivity contribution in [3.05, 3.63) is 48.7 Å². The van der Waals surface area contributed by atoms with Crippen LogP contribution in [0.25, 0.3) is 28.0 Å². The van der Waals surface area contributed by atoms with E-state index >= 15 is 0 Å². The molecule has 0 radical (unpaired) electrons. The van der Waals surface area contributed by atoms with Crippen molar-refractivity contribution in [2.24, 2.45) is 18.9 Å². The van der Waals surface area contributed by atoms with Crippen molar-refractivity contribution in [2.75, 3.05) is 18.0 Å². The Balaban J connectivity index is 1.39. The Kier molecular flexibility index (Phi) is 6.72. The van der Waals surface area contributed by atoms with Crippen LogP contribution in [0.5, 0.6) is 0 Å². The molecule has 1 amide bonds. The number of aromatic nitrogens is 6. The number of pyridine rings is 1. The van der Waals surface area contributed by atoms with E-state index in [1.807, 2.05) is 46.1 Å². The third-order valence-corrected chi connectivity index (χ3v) is 6.89. The Morgan fingerprint density at radius 2 is 1.82 bits per heavy atom. The predicted octanol–water partition coefficient (Wildman–Crippen LogP) is 4.05. The van der Waals surface area contributed by atoms with Crippen molar-refractivity contribution >= 4 is 17.4 Å². The van der Waals surface area contributed by atoms with Crippen LogP contribution in [-0.2, 0) is 11.8 Å². The third kappa shape index (κ3) is 5.41. The lowest BCUT2D eigenvalue weighted by molar-refractivity contribution is 0.0457. The van der Waals surface area contributed by atoms with Crippen LogP contribution < -0.4 is 10.2 Å². The second kappa shape index (κ2) is 10.0. The van der Waals surface area contributed by atoms with Crippen LogP contribution in [0.3, 0.4) is 0 Å². The number of hydrogen-bond acceptors (Lipinski definition) is 8. The van der Waals surface area contributed by atoms with Gasteiger partial charge in [-0.2, -0.15) is 15.5 Å². The second-order valence-corrected chi connectivity index (χ2v) is 11.3. The average Bonchev–Trinajstić information content (AvgIpc) is 3.50. The fraction of sp³-hybridized carbons (Fsp3) is 0.429. The Hall–Kier alpha value is -4.46. The van der Waals surface area contributed by atoms with E-state index in [2.05, 4.69) is 40.3 Å². The zero-order valence-electron chi connectivity index (χ0n) is 23.1. The number of fused-ring (bicyclic) bond motifs is 1. The minimum absolute atomic E-state index is 0.00865. The predicted molar refractivity (Wildman–Crippen MR) is 147 cm³/mol. The van der Waals surface area contributed by atoms with Gasteiger partial charge in [-0.05, 0) is 44.7 Å². The molecule has 1 aliphatic rings. The van der Waals surface area contributed by atoms with Crippen LogP contribution in [0.4, 0.5) is 10.6 Å². The largest absolute Gasteiger partial charge is 0.444 e. The Bertz CT molecular complexity index is 1530.